The Morgan fingerprint density at radius 2 is 2.00 bits per heavy atom. The first-order valence-electron chi connectivity index (χ1n) is 7.73. The molecule has 1 atom stereocenters. The molecule has 0 aliphatic heterocycles. The van der Waals surface area contributed by atoms with Crippen LogP contribution in [0.1, 0.15) is 50.7 Å². The largest absolute Gasteiger partial charge is 0.302 e. The summed E-state index contributed by atoms with van der Waals surface area (Å²) in [6.45, 7) is 8.42. The molecular weight excluding hydrogens is 280 g/mol. The lowest BCUT2D eigenvalue weighted by atomic mass is 9.99. The number of carbonyl (C=O) groups is 1. The molecule has 2 aromatic rings. The molecule has 4 heteroatoms. The summed E-state index contributed by atoms with van der Waals surface area (Å²) in [7, 11) is 0. The minimum atomic E-state index is 0.0976. The van der Waals surface area contributed by atoms with E-state index in [9.17, 15) is 4.79 Å². The van der Waals surface area contributed by atoms with E-state index in [4.69, 9.17) is 0 Å². The van der Waals surface area contributed by atoms with Crippen LogP contribution in [0.15, 0.2) is 12.1 Å². The van der Waals surface area contributed by atoms with E-state index in [2.05, 4.69) is 50.1 Å². The molecular formula is C17H24N2OS. The number of fused-ring (bicyclic) bond motifs is 1. The second kappa shape index (κ2) is 7.03. The number of carbonyl (C=O) groups excluding carboxylic acids is 1. The molecule has 0 aliphatic rings. The molecule has 21 heavy (non-hydrogen) atoms. The number of thiazole rings is 1. The number of anilines is 1. The van der Waals surface area contributed by atoms with Gasteiger partial charge in [-0.15, -0.1) is 0 Å². The Morgan fingerprint density at radius 3 is 2.67 bits per heavy atom. The van der Waals surface area contributed by atoms with Gasteiger partial charge >= 0.3 is 0 Å². The Balaban J connectivity index is 2.13. The number of hydrogen-bond donors (Lipinski definition) is 1. The normalized spacial score (nSPS) is 12.6. The summed E-state index contributed by atoms with van der Waals surface area (Å²) >= 11 is 1.56. The smallest absolute Gasteiger partial charge is 0.229 e. The van der Waals surface area contributed by atoms with Gasteiger partial charge in [-0.25, -0.2) is 4.98 Å². The zero-order valence-electron chi connectivity index (χ0n) is 13.3. The number of aryl methyl sites for hydroxylation is 2. The van der Waals surface area contributed by atoms with Crippen LogP contribution >= 0.6 is 11.3 Å². The first kappa shape index (κ1) is 16.0. The lowest BCUT2D eigenvalue weighted by molar-refractivity contribution is -0.120. The van der Waals surface area contributed by atoms with E-state index < -0.39 is 0 Å². The highest BCUT2D eigenvalue weighted by Gasteiger charge is 2.17. The molecule has 1 heterocycles. The summed E-state index contributed by atoms with van der Waals surface area (Å²) in [5, 5.41) is 3.72. The van der Waals surface area contributed by atoms with Crippen LogP contribution < -0.4 is 5.32 Å². The van der Waals surface area contributed by atoms with Crippen molar-refractivity contribution in [2.24, 2.45) is 5.92 Å². The Hall–Kier alpha value is -1.42. The zero-order valence-corrected chi connectivity index (χ0v) is 14.1. The van der Waals surface area contributed by atoms with Crippen molar-refractivity contribution in [2.45, 2.75) is 53.4 Å². The van der Waals surface area contributed by atoms with Crippen LogP contribution in [0.2, 0.25) is 0 Å². The molecule has 114 valence electrons. The summed E-state index contributed by atoms with van der Waals surface area (Å²) in [6.07, 6.45) is 4.07. The van der Waals surface area contributed by atoms with Crippen molar-refractivity contribution < 1.29 is 4.79 Å². The van der Waals surface area contributed by atoms with Gasteiger partial charge in [0.05, 0.1) is 10.2 Å². The molecule has 0 bridgehead atoms. The van der Waals surface area contributed by atoms with Gasteiger partial charge in [-0.2, -0.15) is 0 Å². The summed E-state index contributed by atoms with van der Waals surface area (Å²) in [5.41, 5.74) is 3.47. The van der Waals surface area contributed by atoms with Gasteiger partial charge in [0.1, 0.15) is 0 Å². The Kier molecular flexibility index (Phi) is 5.34. The SMILES string of the molecule is CCCCC(CC)C(=O)Nc1nc2cc(C)c(C)cc2s1. The molecule has 0 fully saturated rings. The van der Waals surface area contributed by atoms with E-state index in [0.717, 1.165) is 41.0 Å². The number of unbranched alkanes of at least 4 members (excludes halogenated alkanes) is 1. The van der Waals surface area contributed by atoms with Crippen molar-refractivity contribution in [2.75, 3.05) is 5.32 Å². The zero-order chi connectivity index (χ0) is 15.4. The summed E-state index contributed by atoms with van der Waals surface area (Å²) in [4.78, 5) is 16.9. The molecule has 1 amide bonds. The van der Waals surface area contributed by atoms with Gasteiger partial charge in [0, 0.05) is 5.92 Å². The van der Waals surface area contributed by atoms with E-state index in [-0.39, 0.29) is 11.8 Å². The van der Waals surface area contributed by atoms with Gasteiger partial charge in [-0.1, -0.05) is 38.0 Å². The number of rotatable bonds is 6. The van der Waals surface area contributed by atoms with Crippen LogP contribution in [-0.4, -0.2) is 10.9 Å². The number of nitrogens with zero attached hydrogens (tertiary/aromatic N) is 1. The predicted molar refractivity (Wildman–Crippen MR) is 91.0 cm³/mol. The molecule has 1 N–H and O–H groups in total. The lowest BCUT2D eigenvalue weighted by Gasteiger charge is -2.12. The third-order valence-electron chi connectivity index (χ3n) is 4.00. The molecule has 3 nitrogen and oxygen atoms in total. The first-order valence-corrected chi connectivity index (χ1v) is 8.55. The van der Waals surface area contributed by atoms with Crippen molar-refractivity contribution in [1.82, 2.24) is 4.98 Å². The molecule has 1 unspecified atom stereocenters. The van der Waals surface area contributed by atoms with E-state index in [1.54, 1.807) is 11.3 Å². The van der Waals surface area contributed by atoms with Crippen LogP contribution in [0.5, 0.6) is 0 Å². The molecule has 2 rings (SSSR count). The van der Waals surface area contributed by atoms with Crippen LogP contribution in [0.3, 0.4) is 0 Å². The molecule has 1 aromatic carbocycles. The fraction of sp³-hybridized carbons (Fsp3) is 0.529. The third kappa shape index (κ3) is 3.82. The van der Waals surface area contributed by atoms with Gasteiger partial charge in [0.25, 0.3) is 0 Å². The predicted octanol–water partition coefficient (Wildman–Crippen LogP) is 5.07. The van der Waals surface area contributed by atoms with E-state index in [1.165, 1.54) is 11.1 Å². The number of amides is 1. The molecule has 0 saturated heterocycles. The van der Waals surface area contributed by atoms with Crippen molar-refractivity contribution in [3.63, 3.8) is 0 Å². The third-order valence-corrected chi connectivity index (χ3v) is 4.94. The highest BCUT2D eigenvalue weighted by molar-refractivity contribution is 7.22. The van der Waals surface area contributed by atoms with Crippen LogP contribution in [0, 0.1) is 19.8 Å². The number of aromatic nitrogens is 1. The fourth-order valence-corrected chi connectivity index (χ4v) is 3.36. The second-order valence-electron chi connectivity index (χ2n) is 5.66. The summed E-state index contributed by atoms with van der Waals surface area (Å²) < 4.78 is 1.13. The second-order valence-corrected chi connectivity index (χ2v) is 6.69. The van der Waals surface area contributed by atoms with Gasteiger partial charge in [0.2, 0.25) is 5.91 Å². The maximum atomic E-state index is 12.3. The minimum Gasteiger partial charge on any atom is -0.302 e. The van der Waals surface area contributed by atoms with Crippen molar-refractivity contribution >= 4 is 32.6 Å². The van der Waals surface area contributed by atoms with Crippen LogP contribution in [0.4, 0.5) is 5.13 Å². The monoisotopic (exact) mass is 304 g/mol. The molecule has 0 spiro atoms. The highest BCUT2D eigenvalue weighted by Crippen LogP contribution is 2.29. The summed E-state index contributed by atoms with van der Waals surface area (Å²) in [5.74, 6) is 0.207. The maximum absolute atomic E-state index is 12.3. The van der Waals surface area contributed by atoms with E-state index in [0.29, 0.717) is 0 Å². The van der Waals surface area contributed by atoms with Crippen molar-refractivity contribution in [3.8, 4) is 0 Å². The minimum absolute atomic E-state index is 0.0976. The average Bonchev–Trinajstić information content (AvgIpc) is 2.81. The highest BCUT2D eigenvalue weighted by atomic mass is 32.1. The number of hydrogen-bond acceptors (Lipinski definition) is 3. The number of benzene rings is 1. The van der Waals surface area contributed by atoms with Crippen molar-refractivity contribution in [1.29, 1.82) is 0 Å². The standard InChI is InChI=1S/C17H24N2OS/c1-5-7-8-13(6-2)16(20)19-17-18-14-9-11(3)12(4)10-15(14)21-17/h9-10,13H,5-8H2,1-4H3,(H,18,19,20). The average molecular weight is 304 g/mol. The Bertz CT molecular complexity index is 594. The summed E-state index contributed by atoms with van der Waals surface area (Å²) in [6, 6.07) is 4.23. The topological polar surface area (TPSA) is 42.0 Å². The van der Waals surface area contributed by atoms with Crippen LogP contribution in [0.25, 0.3) is 10.2 Å². The Morgan fingerprint density at radius 1 is 1.29 bits per heavy atom. The molecule has 0 saturated carbocycles. The molecule has 0 radical (unpaired) electrons. The Labute approximate surface area is 130 Å². The van der Waals surface area contributed by atoms with Gasteiger partial charge < -0.3 is 5.32 Å². The van der Waals surface area contributed by atoms with Gasteiger partial charge in [-0.05, 0) is 49.9 Å². The number of nitrogens with one attached hydrogen (secondary N) is 1. The van der Waals surface area contributed by atoms with Crippen LogP contribution in [-0.2, 0) is 4.79 Å². The maximum Gasteiger partial charge on any atom is 0.229 e. The fourth-order valence-electron chi connectivity index (χ4n) is 2.41. The van der Waals surface area contributed by atoms with E-state index >= 15 is 0 Å². The quantitative estimate of drug-likeness (QED) is 0.809. The van der Waals surface area contributed by atoms with E-state index in [1.807, 2.05) is 0 Å². The molecule has 0 aliphatic carbocycles. The first-order chi connectivity index (χ1) is 10.0. The van der Waals surface area contributed by atoms with Gasteiger partial charge in [0.15, 0.2) is 5.13 Å². The lowest BCUT2D eigenvalue weighted by Crippen LogP contribution is -2.22. The van der Waals surface area contributed by atoms with Crippen molar-refractivity contribution in [3.05, 3.63) is 23.3 Å². The van der Waals surface area contributed by atoms with Gasteiger partial charge in [-0.3, -0.25) is 4.79 Å². The molecule has 1 aromatic heterocycles.